The summed E-state index contributed by atoms with van der Waals surface area (Å²) in [4.78, 5) is 30.5. The molecule has 1 aliphatic heterocycles. The van der Waals surface area contributed by atoms with E-state index in [4.69, 9.17) is 19.6 Å². The lowest BCUT2D eigenvalue weighted by Gasteiger charge is -2.34. The highest BCUT2D eigenvalue weighted by Gasteiger charge is 2.27. The molecule has 10 heteroatoms. The molecule has 3 aromatic rings. The maximum atomic E-state index is 11.9. The van der Waals surface area contributed by atoms with Gasteiger partial charge < -0.3 is 35.2 Å². The maximum absolute atomic E-state index is 11.9. The molecule has 4 N–H and O–H groups in total. The number of amides is 2. The first-order valence-electron chi connectivity index (χ1n) is 12.2. The van der Waals surface area contributed by atoms with Crippen molar-refractivity contribution in [2.24, 2.45) is 5.73 Å². The second kappa shape index (κ2) is 11.3. The molecule has 1 aromatic heterocycles. The number of carbonyl (C=O) groups excluding carboxylic acids is 2. The van der Waals surface area contributed by atoms with Gasteiger partial charge in [0.25, 0.3) is 11.9 Å². The first-order valence-corrected chi connectivity index (χ1v) is 12.2. The number of primary amides is 1. The number of nitrogens with zero attached hydrogens (tertiary/aromatic N) is 2. The lowest BCUT2D eigenvalue weighted by atomic mass is 10.0. The first-order chi connectivity index (χ1) is 17.4. The summed E-state index contributed by atoms with van der Waals surface area (Å²) in [5, 5.41) is 6.22. The molecule has 0 bridgehead atoms. The molecule has 36 heavy (non-hydrogen) atoms. The molecule has 0 aliphatic carbocycles. The van der Waals surface area contributed by atoms with E-state index in [-0.39, 0.29) is 17.5 Å². The van der Waals surface area contributed by atoms with Crippen molar-refractivity contribution >= 4 is 34.6 Å². The molecular formula is C26H32N5O5. The normalized spacial score (nSPS) is 14.0. The fourth-order valence-corrected chi connectivity index (χ4v) is 4.43. The minimum absolute atomic E-state index is 0.154. The van der Waals surface area contributed by atoms with Crippen LogP contribution in [0.4, 0.5) is 11.7 Å². The van der Waals surface area contributed by atoms with Crippen LogP contribution in [0.15, 0.2) is 28.7 Å². The number of rotatable bonds is 10. The SMILES string of the molecule is CCOc1cc(CN(c2nc3c(C(N)=O)[c]ccc3o2)C2CCNCC2)cc(OCC)c1NC(C)=O. The quantitative estimate of drug-likeness (QED) is 0.391. The summed E-state index contributed by atoms with van der Waals surface area (Å²) in [6.45, 7) is 8.27. The van der Waals surface area contributed by atoms with E-state index in [1.807, 2.05) is 26.0 Å². The molecule has 2 heterocycles. The molecule has 0 spiro atoms. The van der Waals surface area contributed by atoms with Crippen LogP contribution in [0.5, 0.6) is 11.5 Å². The van der Waals surface area contributed by atoms with Gasteiger partial charge in [-0.2, -0.15) is 4.98 Å². The maximum Gasteiger partial charge on any atom is 0.298 e. The van der Waals surface area contributed by atoms with Gasteiger partial charge in [0.2, 0.25) is 5.91 Å². The van der Waals surface area contributed by atoms with Crippen molar-refractivity contribution in [2.75, 3.05) is 36.5 Å². The Hall–Kier alpha value is -3.79. The van der Waals surface area contributed by atoms with Gasteiger partial charge in [-0.1, -0.05) is 0 Å². The van der Waals surface area contributed by atoms with E-state index in [0.717, 1.165) is 31.5 Å². The Morgan fingerprint density at radius 3 is 2.47 bits per heavy atom. The summed E-state index contributed by atoms with van der Waals surface area (Å²) in [5.74, 6) is 0.240. The van der Waals surface area contributed by atoms with Crippen molar-refractivity contribution < 1.29 is 23.5 Å². The van der Waals surface area contributed by atoms with Crippen LogP contribution in [-0.4, -0.2) is 49.1 Å². The van der Waals surface area contributed by atoms with Crippen molar-refractivity contribution in [1.29, 1.82) is 0 Å². The fraction of sp³-hybridized carbons (Fsp3) is 0.423. The van der Waals surface area contributed by atoms with E-state index in [9.17, 15) is 9.59 Å². The number of nitrogens with one attached hydrogen (secondary N) is 2. The molecule has 191 valence electrons. The monoisotopic (exact) mass is 494 g/mol. The number of hydrogen-bond donors (Lipinski definition) is 3. The van der Waals surface area contributed by atoms with Crippen molar-refractivity contribution in [3.05, 3.63) is 41.5 Å². The van der Waals surface area contributed by atoms with Gasteiger partial charge in [-0.3, -0.25) is 9.59 Å². The number of aromatic nitrogens is 1. The lowest BCUT2D eigenvalue weighted by molar-refractivity contribution is -0.114. The van der Waals surface area contributed by atoms with Crippen LogP contribution < -0.4 is 30.7 Å². The summed E-state index contributed by atoms with van der Waals surface area (Å²) in [5.41, 5.74) is 8.01. The number of ether oxygens (including phenoxy) is 2. The summed E-state index contributed by atoms with van der Waals surface area (Å²) in [6, 6.07) is 10.6. The van der Waals surface area contributed by atoms with E-state index in [1.54, 1.807) is 12.1 Å². The third-order valence-electron chi connectivity index (χ3n) is 5.96. The topological polar surface area (TPSA) is 132 Å². The predicted molar refractivity (Wildman–Crippen MR) is 137 cm³/mol. The lowest BCUT2D eigenvalue weighted by Crippen LogP contribution is -2.43. The first kappa shape index (κ1) is 25.3. The molecule has 4 rings (SSSR count). The van der Waals surface area contributed by atoms with Gasteiger partial charge in [-0.15, -0.1) is 0 Å². The Labute approximate surface area is 210 Å². The Balaban J connectivity index is 1.77. The molecule has 10 nitrogen and oxygen atoms in total. The van der Waals surface area contributed by atoms with Crippen LogP contribution in [-0.2, 0) is 11.3 Å². The molecule has 1 aliphatic rings. The van der Waals surface area contributed by atoms with Crippen LogP contribution >= 0.6 is 0 Å². The Morgan fingerprint density at radius 1 is 1.22 bits per heavy atom. The van der Waals surface area contributed by atoms with Gasteiger partial charge in [0.1, 0.15) is 22.7 Å². The van der Waals surface area contributed by atoms with Crippen molar-refractivity contribution in [3.8, 4) is 11.5 Å². The molecule has 0 unspecified atom stereocenters. The van der Waals surface area contributed by atoms with Gasteiger partial charge in [0.05, 0.1) is 18.8 Å². The van der Waals surface area contributed by atoms with E-state index in [1.165, 1.54) is 6.92 Å². The highest BCUT2D eigenvalue weighted by atomic mass is 16.5. The highest BCUT2D eigenvalue weighted by molar-refractivity contribution is 6.03. The Kier molecular flexibility index (Phi) is 7.94. The van der Waals surface area contributed by atoms with E-state index < -0.39 is 5.91 Å². The molecule has 1 radical (unpaired) electrons. The second-order valence-corrected chi connectivity index (χ2v) is 8.55. The smallest absolute Gasteiger partial charge is 0.298 e. The van der Waals surface area contributed by atoms with Gasteiger partial charge in [0, 0.05) is 19.5 Å². The zero-order chi connectivity index (χ0) is 25.7. The zero-order valence-corrected chi connectivity index (χ0v) is 20.8. The van der Waals surface area contributed by atoms with Gasteiger partial charge >= 0.3 is 0 Å². The summed E-state index contributed by atoms with van der Waals surface area (Å²) in [6.07, 6.45) is 1.79. The highest BCUT2D eigenvalue weighted by Crippen LogP contribution is 2.38. The van der Waals surface area contributed by atoms with Crippen LogP contribution in [0.25, 0.3) is 11.1 Å². The number of benzene rings is 2. The Bertz CT molecular complexity index is 1210. The Morgan fingerprint density at radius 2 is 1.89 bits per heavy atom. The molecule has 0 saturated carbocycles. The number of fused-ring (bicyclic) bond motifs is 1. The minimum Gasteiger partial charge on any atom is -0.492 e. The summed E-state index contributed by atoms with van der Waals surface area (Å²) >= 11 is 0. The molecule has 1 fully saturated rings. The van der Waals surface area contributed by atoms with Gasteiger partial charge in [-0.05, 0) is 75.7 Å². The predicted octanol–water partition coefficient (Wildman–Crippen LogP) is 3.24. The van der Waals surface area contributed by atoms with Crippen LogP contribution in [0.3, 0.4) is 0 Å². The number of piperidine rings is 1. The van der Waals surface area contributed by atoms with Crippen molar-refractivity contribution in [3.63, 3.8) is 0 Å². The molecule has 0 atom stereocenters. The standard InChI is InChI=1S/C26H32N5O5/c1-4-34-21-13-17(14-22(35-5-2)24(21)29-16(3)32)15-31(18-9-11-28-12-10-18)26-30-23-19(25(27)33)7-6-8-20(23)36-26/h6,8,13-14,18,28H,4-5,9-12,15H2,1-3H3,(H2,27,33)(H,29,32). The number of carbonyl (C=O) groups is 2. The van der Waals surface area contributed by atoms with Gasteiger partial charge in [0.15, 0.2) is 5.58 Å². The van der Waals surface area contributed by atoms with E-state index in [0.29, 0.717) is 54.1 Å². The number of nitrogens with two attached hydrogens (primary N) is 1. The molecule has 1 saturated heterocycles. The number of hydrogen-bond acceptors (Lipinski definition) is 8. The van der Waals surface area contributed by atoms with Crippen LogP contribution in [0, 0.1) is 6.07 Å². The number of anilines is 2. The summed E-state index contributed by atoms with van der Waals surface area (Å²) < 4.78 is 17.9. The van der Waals surface area contributed by atoms with E-state index in [2.05, 4.69) is 26.6 Å². The van der Waals surface area contributed by atoms with Crippen LogP contribution in [0.2, 0.25) is 0 Å². The minimum atomic E-state index is -0.606. The van der Waals surface area contributed by atoms with Crippen LogP contribution in [0.1, 0.15) is 49.5 Å². The average molecular weight is 495 g/mol. The largest absolute Gasteiger partial charge is 0.492 e. The number of oxazole rings is 1. The zero-order valence-electron chi connectivity index (χ0n) is 20.8. The third kappa shape index (κ3) is 5.54. The third-order valence-corrected chi connectivity index (χ3v) is 5.96. The van der Waals surface area contributed by atoms with E-state index >= 15 is 0 Å². The average Bonchev–Trinajstić information content (AvgIpc) is 3.29. The molecule has 2 aromatic carbocycles. The second-order valence-electron chi connectivity index (χ2n) is 8.55. The molecular weight excluding hydrogens is 462 g/mol. The molecule has 2 amide bonds. The fourth-order valence-electron chi connectivity index (χ4n) is 4.43. The van der Waals surface area contributed by atoms with Gasteiger partial charge in [-0.25, -0.2) is 0 Å². The summed E-state index contributed by atoms with van der Waals surface area (Å²) in [7, 11) is 0. The van der Waals surface area contributed by atoms with Crippen molar-refractivity contribution in [2.45, 2.75) is 46.2 Å². The van der Waals surface area contributed by atoms with Crippen molar-refractivity contribution in [1.82, 2.24) is 10.3 Å².